The molecule has 0 atom stereocenters. The van der Waals surface area contributed by atoms with Gasteiger partial charge in [0, 0.05) is 24.2 Å². The number of halogens is 3. The van der Waals surface area contributed by atoms with E-state index in [9.17, 15) is 4.79 Å². The topological polar surface area (TPSA) is 41.1 Å². The van der Waals surface area contributed by atoms with E-state index in [1.807, 2.05) is 24.3 Å². The molecule has 2 aromatic carbocycles. The Balaban J connectivity index is 2.05. The number of hydrogen-bond acceptors (Lipinski definition) is 2. The molecule has 2 aromatic rings. The first-order chi connectivity index (χ1) is 9.95. The summed E-state index contributed by atoms with van der Waals surface area (Å²) >= 11 is 18.1. The van der Waals surface area contributed by atoms with Crippen molar-refractivity contribution in [1.82, 2.24) is 0 Å². The second-order valence-electron chi connectivity index (χ2n) is 4.48. The molecule has 6 heteroatoms. The van der Waals surface area contributed by atoms with Crippen molar-refractivity contribution in [3.8, 4) is 0 Å². The van der Waals surface area contributed by atoms with Crippen LogP contribution in [0.3, 0.4) is 0 Å². The van der Waals surface area contributed by atoms with E-state index in [4.69, 9.17) is 34.8 Å². The molecule has 0 fully saturated rings. The highest BCUT2D eigenvalue weighted by molar-refractivity contribution is 6.41. The fraction of sp³-hybridized carbons (Fsp3) is 0.133. The summed E-state index contributed by atoms with van der Waals surface area (Å²) in [6.07, 6.45) is 0. The summed E-state index contributed by atoms with van der Waals surface area (Å²) in [5.74, 6) is -0.0967. The highest BCUT2D eigenvalue weighted by Gasteiger charge is 2.07. The third kappa shape index (κ3) is 4.53. The van der Waals surface area contributed by atoms with Crippen LogP contribution in [0.5, 0.6) is 0 Å². The van der Waals surface area contributed by atoms with Gasteiger partial charge in [-0.1, -0.05) is 46.9 Å². The van der Waals surface area contributed by atoms with Gasteiger partial charge < -0.3 is 10.6 Å². The van der Waals surface area contributed by atoms with Crippen molar-refractivity contribution >= 4 is 52.1 Å². The summed E-state index contributed by atoms with van der Waals surface area (Å²) in [4.78, 5) is 10.9. The number of rotatable bonds is 4. The van der Waals surface area contributed by atoms with Crippen LogP contribution in [0, 0.1) is 0 Å². The van der Waals surface area contributed by atoms with Crippen LogP contribution in [-0.2, 0) is 11.3 Å². The van der Waals surface area contributed by atoms with E-state index < -0.39 is 0 Å². The molecule has 3 nitrogen and oxygen atoms in total. The molecule has 0 spiro atoms. The first kappa shape index (κ1) is 16.0. The van der Waals surface area contributed by atoms with Gasteiger partial charge in [-0.3, -0.25) is 4.79 Å². The van der Waals surface area contributed by atoms with Crippen LogP contribution in [0.15, 0.2) is 36.4 Å². The molecule has 0 saturated carbocycles. The summed E-state index contributed by atoms with van der Waals surface area (Å²) in [6.45, 7) is 2.03. The van der Waals surface area contributed by atoms with Crippen molar-refractivity contribution in [2.45, 2.75) is 13.5 Å². The first-order valence-corrected chi connectivity index (χ1v) is 7.34. The van der Waals surface area contributed by atoms with E-state index >= 15 is 0 Å². The summed E-state index contributed by atoms with van der Waals surface area (Å²) in [5.41, 5.74) is 2.44. The molecule has 0 unspecified atom stereocenters. The zero-order chi connectivity index (χ0) is 15.4. The SMILES string of the molecule is CC(=O)Nc1ccc(CNc2c(Cl)cc(Cl)cc2Cl)cc1. The lowest BCUT2D eigenvalue weighted by Crippen LogP contribution is -2.06. The van der Waals surface area contributed by atoms with Crippen LogP contribution in [0.1, 0.15) is 12.5 Å². The molecule has 0 radical (unpaired) electrons. The van der Waals surface area contributed by atoms with Gasteiger partial charge in [0.15, 0.2) is 0 Å². The van der Waals surface area contributed by atoms with Crippen molar-refractivity contribution in [2.75, 3.05) is 10.6 Å². The molecule has 0 saturated heterocycles. The minimum atomic E-state index is -0.0967. The zero-order valence-electron chi connectivity index (χ0n) is 11.2. The molecule has 0 aromatic heterocycles. The minimum Gasteiger partial charge on any atom is -0.379 e. The Hall–Kier alpha value is -1.42. The molecule has 0 heterocycles. The Bertz CT molecular complexity index is 633. The third-order valence-corrected chi connectivity index (χ3v) is 3.56. The van der Waals surface area contributed by atoms with Gasteiger partial charge in [0.25, 0.3) is 0 Å². The Kier molecular flexibility index (Phi) is 5.34. The average molecular weight is 344 g/mol. The molecule has 0 aliphatic carbocycles. The van der Waals surface area contributed by atoms with Gasteiger partial charge in [-0.05, 0) is 29.8 Å². The number of carbonyl (C=O) groups is 1. The fourth-order valence-electron chi connectivity index (χ4n) is 1.81. The Morgan fingerprint density at radius 2 is 1.62 bits per heavy atom. The van der Waals surface area contributed by atoms with Gasteiger partial charge in [0.1, 0.15) is 0 Å². The predicted molar refractivity (Wildman–Crippen MR) is 89.5 cm³/mol. The minimum absolute atomic E-state index is 0.0967. The van der Waals surface area contributed by atoms with E-state index in [1.54, 1.807) is 12.1 Å². The smallest absolute Gasteiger partial charge is 0.221 e. The van der Waals surface area contributed by atoms with Gasteiger partial charge in [0.05, 0.1) is 15.7 Å². The quantitative estimate of drug-likeness (QED) is 0.799. The Morgan fingerprint density at radius 3 is 2.14 bits per heavy atom. The molecule has 0 aliphatic rings. The summed E-state index contributed by atoms with van der Waals surface area (Å²) in [7, 11) is 0. The van der Waals surface area contributed by atoms with Crippen molar-refractivity contribution in [2.24, 2.45) is 0 Å². The molecule has 0 bridgehead atoms. The van der Waals surface area contributed by atoms with Gasteiger partial charge in [-0.25, -0.2) is 0 Å². The van der Waals surface area contributed by atoms with Crippen LogP contribution in [0.2, 0.25) is 15.1 Å². The van der Waals surface area contributed by atoms with Crippen molar-refractivity contribution in [3.05, 3.63) is 57.0 Å². The van der Waals surface area contributed by atoms with E-state index in [0.717, 1.165) is 11.3 Å². The predicted octanol–water partition coefficient (Wildman–Crippen LogP) is 5.22. The van der Waals surface area contributed by atoms with Crippen LogP contribution >= 0.6 is 34.8 Å². The molecular formula is C15H13Cl3N2O. The van der Waals surface area contributed by atoms with Crippen LogP contribution in [0.4, 0.5) is 11.4 Å². The van der Waals surface area contributed by atoms with Crippen molar-refractivity contribution < 1.29 is 4.79 Å². The third-order valence-electron chi connectivity index (χ3n) is 2.75. The maximum atomic E-state index is 10.9. The maximum Gasteiger partial charge on any atom is 0.221 e. The molecular weight excluding hydrogens is 331 g/mol. The lowest BCUT2D eigenvalue weighted by atomic mass is 10.2. The first-order valence-electron chi connectivity index (χ1n) is 6.20. The van der Waals surface area contributed by atoms with Crippen LogP contribution < -0.4 is 10.6 Å². The number of nitrogens with one attached hydrogen (secondary N) is 2. The second kappa shape index (κ2) is 7.03. The summed E-state index contributed by atoms with van der Waals surface area (Å²) < 4.78 is 0. The monoisotopic (exact) mass is 342 g/mol. The zero-order valence-corrected chi connectivity index (χ0v) is 13.5. The highest BCUT2D eigenvalue weighted by atomic mass is 35.5. The Labute approximate surface area is 138 Å². The number of anilines is 2. The van der Waals surface area contributed by atoms with E-state index in [0.29, 0.717) is 27.3 Å². The maximum absolute atomic E-state index is 10.9. The number of carbonyl (C=O) groups excluding carboxylic acids is 1. The van der Waals surface area contributed by atoms with Crippen molar-refractivity contribution in [1.29, 1.82) is 0 Å². The lowest BCUT2D eigenvalue weighted by molar-refractivity contribution is -0.114. The number of hydrogen-bond donors (Lipinski definition) is 2. The van der Waals surface area contributed by atoms with Gasteiger partial charge >= 0.3 is 0 Å². The van der Waals surface area contributed by atoms with Gasteiger partial charge in [-0.15, -0.1) is 0 Å². The van der Waals surface area contributed by atoms with Crippen LogP contribution in [0.25, 0.3) is 0 Å². The van der Waals surface area contributed by atoms with E-state index in [1.165, 1.54) is 6.92 Å². The largest absolute Gasteiger partial charge is 0.379 e. The van der Waals surface area contributed by atoms with Gasteiger partial charge in [-0.2, -0.15) is 0 Å². The normalized spacial score (nSPS) is 10.3. The van der Waals surface area contributed by atoms with Gasteiger partial charge in [0.2, 0.25) is 5.91 Å². The highest BCUT2D eigenvalue weighted by Crippen LogP contribution is 2.33. The van der Waals surface area contributed by atoms with E-state index in [-0.39, 0.29) is 5.91 Å². The molecule has 2 N–H and O–H groups in total. The summed E-state index contributed by atoms with van der Waals surface area (Å²) in [6, 6.07) is 10.8. The fourth-order valence-corrected chi connectivity index (χ4v) is 2.76. The summed E-state index contributed by atoms with van der Waals surface area (Å²) in [5, 5.41) is 7.33. The standard InChI is InChI=1S/C15H13Cl3N2O/c1-9(21)20-12-4-2-10(3-5-12)8-19-15-13(17)6-11(16)7-14(15)18/h2-7,19H,8H2,1H3,(H,20,21). The number of benzene rings is 2. The molecule has 0 aliphatic heterocycles. The van der Waals surface area contributed by atoms with E-state index in [2.05, 4.69) is 10.6 Å². The second-order valence-corrected chi connectivity index (χ2v) is 5.73. The van der Waals surface area contributed by atoms with Crippen LogP contribution in [-0.4, -0.2) is 5.91 Å². The average Bonchev–Trinajstić information content (AvgIpc) is 2.38. The number of amides is 1. The van der Waals surface area contributed by atoms with Crippen molar-refractivity contribution in [3.63, 3.8) is 0 Å². The molecule has 2 rings (SSSR count). The molecule has 1 amide bonds. The Morgan fingerprint density at radius 1 is 1.05 bits per heavy atom. The lowest BCUT2D eigenvalue weighted by Gasteiger charge is -2.11. The molecule has 21 heavy (non-hydrogen) atoms. The molecule has 110 valence electrons.